The number of imidazole rings is 1. The number of aromatic nitrogens is 2. The molecule has 1 unspecified atom stereocenters. The van der Waals surface area contributed by atoms with Crippen molar-refractivity contribution in [2.24, 2.45) is 5.73 Å². The number of nitrogens with two attached hydrogens (primary N) is 1. The van der Waals surface area contributed by atoms with Gasteiger partial charge in [-0.2, -0.15) is 0 Å². The summed E-state index contributed by atoms with van der Waals surface area (Å²) in [7, 11) is 0. The van der Waals surface area contributed by atoms with Crippen molar-refractivity contribution in [2.45, 2.75) is 12.6 Å². The highest BCUT2D eigenvalue weighted by Gasteiger charge is 2.10. The van der Waals surface area contributed by atoms with Gasteiger partial charge in [-0.1, -0.05) is 23.7 Å². The van der Waals surface area contributed by atoms with Gasteiger partial charge in [-0.25, -0.2) is 4.98 Å². The summed E-state index contributed by atoms with van der Waals surface area (Å²) in [5.74, 6) is 0. The van der Waals surface area contributed by atoms with Crippen LogP contribution in [0.2, 0.25) is 5.02 Å². The van der Waals surface area contributed by atoms with Crippen molar-refractivity contribution >= 4 is 11.6 Å². The maximum atomic E-state index is 9.05. The maximum absolute atomic E-state index is 9.05. The van der Waals surface area contributed by atoms with Crippen LogP contribution in [0.3, 0.4) is 0 Å². The monoisotopic (exact) mass is 251 g/mol. The average Bonchev–Trinajstić information content (AvgIpc) is 2.76. The first kappa shape index (κ1) is 12.1. The van der Waals surface area contributed by atoms with Crippen molar-refractivity contribution in [1.82, 2.24) is 9.55 Å². The first-order valence-corrected chi connectivity index (χ1v) is 5.69. The predicted molar refractivity (Wildman–Crippen MR) is 66.8 cm³/mol. The van der Waals surface area contributed by atoms with E-state index in [9.17, 15) is 0 Å². The maximum Gasteiger partial charge on any atom is 0.0951 e. The fraction of sp³-hybridized carbons (Fsp3) is 0.250. The summed E-state index contributed by atoms with van der Waals surface area (Å²) in [4.78, 5) is 4.05. The summed E-state index contributed by atoms with van der Waals surface area (Å²) >= 11 is 5.93. The molecule has 0 aliphatic heterocycles. The molecule has 1 aromatic heterocycles. The molecule has 1 aromatic carbocycles. The third kappa shape index (κ3) is 2.85. The molecule has 0 saturated carbocycles. The minimum Gasteiger partial charge on any atom is -0.394 e. The van der Waals surface area contributed by atoms with Gasteiger partial charge in [0.1, 0.15) is 0 Å². The van der Waals surface area contributed by atoms with Crippen LogP contribution in [0.15, 0.2) is 36.8 Å². The van der Waals surface area contributed by atoms with E-state index in [4.69, 9.17) is 22.4 Å². The molecule has 0 saturated heterocycles. The zero-order chi connectivity index (χ0) is 12.3. The molecule has 0 fully saturated rings. The number of rotatable bonds is 4. The van der Waals surface area contributed by atoms with Gasteiger partial charge >= 0.3 is 0 Å². The fourth-order valence-electron chi connectivity index (χ4n) is 1.70. The first-order valence-electron chi connectivity index (χ1n) is 5.31. The molecular weight excluding hydrogens is 238 g/mol. The number of nitrogens with zero attached hydrogens (tertiary/aromatic N) is 2. The van der Waals surface area contributed by atoms with E-state index in [-0.39, 0.29) is 6.61 Å². The van der Waals surface area contributed by atoms with Crippen LogP contribution in [0.1, 0.15) is 17.3 Å². The molecule has 90 valence electrons. The summed E-state index contributed by atoms with van der Waals surface area (Å²) in [5, 5.41) is 9.76. The predicted octanol–water partition coefficient (Wildman–Crippen LogP) is 1.58. The van der Waals surface area contributed by atoms with E-state index >= 15 is 0 Å². The van der Waals surface area contributed by atoms with Crippen molar-refractivity contribution in [3.8, 4) is 0 Å². The highest BCUT2D eigenvalue weighted by molar-refractivity contribution is 6.30. The summed E-state index contributed by atoms with van der Waals surface area (Å²) in [6.45, 7) is 0.546. The summed E-state index contributed by atoms with van der Waals surface area (Å²) < 4.78 is 1.91. The number of hydrogen-bond donors (Lipinski definition) is 2. The van der Waals surface area contributed by atoms with E-state index in [2.05, 4.69) is 4.98 Å². The summed E-state index contributed by atoms with van der Waals surface area (Å²) in [6, 6.07) is 7.21. The zero-order valence-electron chi connectivity index (χ0n) is 9.25. The molecule has 0 spiro atoms. The van der Waals surface area contributed by atoms with E-state index in [0.29, 0.717) is 11.6 Å². The van der Waals surface area contributed by atoms with E-state index < -0.39 is 6.04 Å². The van der Waals surface area contributed by atoms with Crippen molar-refractivity contribution in [3.05, 3.63) is 53.1 Å². The SMILES string of the molecule is NC(CO)c1cncn1Cc1cccc(Cl)c1. The Morgan fingerprint density at radius 2 is 2.29 bits per heavy atom. The summed E-state index contributed by atoms with van der Waals surface area (Å²) in [5.41, 5.74) is 7.67. The van der Waals surface area contributed by atoms with Crippen molar-refractivity contribution in [3.63, 3.8) is 0 Å². The average molecular weight is 252 g/mol. The molecule has 0 aliphatic carbocycles. The number of aliphatic hydroxyl groups excluding tert-OH is 1. The smallest absolute Gasteiger partial charge is 0.0951 e. The van der Waals surface area contributed by atoms with Gasteiger partial charge < -0.3 is 15.4 Å². The van der Waals surface area contributed by atoms with Gasteiger partial charge in [0.15, 0.2) is 0 Å². The Morgan fingerprint density at radius 3 is 3.00 bits per heavy atom. The van der Waals surface area contributed by atoms with Crippen molar-refractivity contribution < 1.29 is 5.11 Å². The molecule has 2 aromatic rings. The van der Waals surface area contributed by atoms with Gasteiger partial charge in [-0.3, -0.25) is 0 Å². The first-order chi connectivity index (χ1) is 8.20. The minimum atomic E-state index is -0.406. The summed E-state index contributed by atoms with van der Waals surface area (Å²) in [6.07, 6.45) is 3.37. The Morgan fingerprint density at radius 1 is 1.47 bits per heavy atom. The lowest BCUT2D eigenvalue weighted by molar-refractivity contribution is 0.263. The third-order valence-electron chi connectivity index (χ3n) is 2.56. The van der Waals surface area contributed by atoms with Crippen molar-refractivity contribution in [2.75, 3.05) is 6.61 Å². The Labute approximate surface area is 105 Å². The molecule has 1 atom stereocenters. The Kier molecular flexibility index (Phi) is 3.78. The second kappa shape index (κ2) is 5.31. The van der Waals surface area contributed by atoms with Crippen LogP contribution in [-0.4, -0.2) is 21.3 Å². The van der Waals surface area contributed by atoms with Crippen LogP contribution >= 0.6 is 11.6 Å². The number of hydrogen-bond acceptors (Lipinski definition) is 3. The fourth-order valence-corrected chi connectivity index (χ4v) is 1.91. The molecule has 0 amide bonds. The molecule has 0 radical (unpaired) electrons. The molecular formula is C12H14ClN3O. The minimum absolute atomic E-state index is 0.0960. The van der Waals surface area contributed by atoms with Crippen LogP contribution in [0, 0.1) is 0 Å². The highest BCUT2D eigenvalue weighted by Crippen LogP contribution is 2.15. The second-order valence-corrected chi connectivity index (χ2v) is 4.30. The third-order valence-corrected chi connectivity index (χ3v) is 2.80. The number of aliphatic hydroxyl groups is 1. The lowest BCUT2D eigenvalue weighted by Gasteiger charge is -2.12. The van der Waals surface area contributed by atoms with Crippen molar-refractivity contribution in [1.29, 1.82) is 0 Å². The highest BCUT2D eigenvalue weighted by atomic mass is 35.5. The number of benzene rings is 1. The van der Waals surface area contributed by atoms with Gasteiger partial charge in [0.25, 0.3) is 0 Å². The lowest BCUT2D eigenvalue weighted by atomic mass is 10.2. The molecule has 0 aliphatic rings. The standard InChI is InChI=1S/C12H14ClN3O/c13-10-3-1-2-9(4-10)6-16-8-15-5-12(16)11(14)7-17/h1-5,8,11,17H,6-7,14H2. The molecule has 0 bridgehead atoms. The Balaban J connectivity index is 2.22. The molecule has 2 rings (SSSR count). The zero-order valence-corrected chi connectivity index (χ0v) is 10.0. The Hall–Kier alpha value is -1.36. The van der Waals surface area contributed by atoms with Gasteiger partial charge in [0.2, 0.25) is 0 Å². The normalized spacial score (nSPS) is 12.6. The van der Waals surface area contributed by atoms with Crippen LogP contribution in [0.5, 0.6) is 0 Å². The molecule has 5 heteroatoms. The van der Waals surface area contributed by atoms with Crippen LogP contribution in [0.4, 0.5) is 0 Å². The van der Waals surface area contributed by atoms with Gasteiger partial charge in [-0.15, -0.1) is 0 Å². The molecule has 4 nitrogen and oxygen atoms in total. The molecule has 3 N–H and O–H groups in total. The quantitative estimate of drug-likeness (QED) is 0.867. The molecule has 17 heavy (non-hydrogen) atoms. The van der Waals surface area contributed by atoms with Crippen LogP contribution in [-0.2, 0) is 6.54 Å². The van der Waals surface area contributed by atoms with Gasteiger partial charge in [0, 0.05) is 17.8 Å². The van der Waals surface area contributed by atoms with E-state index in [1.54, 1.807) is 12.5 Å². The van der Waals surface area contributed by atoms with Crippen LogP contribution in [0.25, 0.3) is 0 Å². The van der Waals surface area contributed by atoms with Crippen LogP contribution < -0.4 is 5.73 Å². The topological polar surface area (TPSA) is 64.1 Å². The van der Waals surface area contributed by atoms with Gasteiger partial charge in [0.05, 0.1) is 24.7 Å². The van der Waals surface area contributed by atoms with E-state index in [0.717, 1.165) is 11.3 Å². The van der Waals surface area contributed by atoms with E-state index in [1.165, 1.54) is 0 Å². The number of halogens is 1. The largest absolute Gasteiger partial charge is 0.394 e. The molecule has 1 heterocycles. The lowest BCUT2D eigenvalue weighted by Crippen LogP contribution is -2.18. The second-order valence-electron chi connectivity index (χ2n) is 3.87. The van der Waals surface area contributed by atoms with E-state index in [1.807, 2.05) is 28.8 Å². The Bertz CT molecular complexity index is 498. The van der Waals surface area contributed by atoms with Gasteiger partial charge in [-0.05, 0) is 17.7 Å².